The van der Waals surface area contributed by atoms with Crippen LogP contribution < -0.4 is 0 Å². The number of fused-ring (bicyclic) bond motifs is 2. The lowest BCUT2D eigenvalue weighted by Gasteiger charge is -2.24. The number of hydrogen-bond donors (Lipinski definition) is 3. The van der Waals surface area contributed by atoms with Gasteiger partial charge in [-0.15, -0.1) is 0 Å². The van der Waals surface area contributed by atoms with Gasteiger partial charge in [-0.2, -0.15) is 0 Å². The SMILES string of the molecule is O=C1[C@H](O)[C@@H](O)[C@@H]2c3cccc4[nH]c(-c5ccccc5)c(c34)CCN12. The first-order chi connectivity index (χ1) is 12.2. The molecule has 2 aliphatic heterocycles. The summed E-state index contributed by atoms with van der Waals surface area (Å²) in [6, 6.07) is 15.5. The summed E-state index contributed by atoms with van der Waals surface area (Å²) >= 11 is 0. The molecule has 0 bridgehead atoms. The molecule has 0 unspecified atom stereocenters. The van der Waals surface area contributed by atoms with Crippen molar-refractivity contribution in [1.29, 1.82) is 0 Å². The molecule has 1 amide bonds. The third-order valence-corrected chi connectivity index (χ3v) is 5.46. The Morgan fingerprint density at radius 3 is 2.64 bits per heavy atom. The van der Waals surface area contributed by atoms with Gasteiger partial charge in [0.05, 0.1) is 6.04 Å². The van der Waals surface area contributed by atoms with E-state index in [1.54, 1.807) is 4.90 Å². The van der Waals surface area contributed by atoms with Crippen LogP contribution in [0.3, 0.4) is 0 Å². The van der Waals surface area contributed by atoms with Crippen molar-refractivity contribution >= 4 is 16.8 Å². The summed E-state index contributed by atoms with van der Waals surface area (Å²) in [6.07, 6.45) is -1.75. The Morgan fingerprint density at radius 2 is 1.84 bits per heavy atom. The van der Waals surface area contributed by atoms with Gasteiger partial charge in [-0.25, -0.2) is 0 Å². The van der Waals surface area contributed by atoms with Gasteiger partial charge >= 0.3 is 0 Å². The highest BCUT2D eigenvalue weighted by Crippen LogP contribution is 2.43. The van der Waals surface area contributed by atoms with E-state index >= 15 is 0 Å². The van der Waals surface area contributed by atoms with Crippen LogP contribution in [0.25, 0.3) is 22.2 Å². The van der Waals surface area contributed by atoms with Crippen LogP contribution in [0.15, 0.2) is 48.5 Å². The van der Waals surface area contributed by atoms with Gasteiger partial charge in [-0.1, -0.05) is 42.5 Å². The Balaban J connectivity index is 1.78. The van der Waals surface area contributed by atoms with Gasteiger partial charge in [-0.05, 0) is 29.2 Å². The normalized spacial score (nSPS) is 25.3. The predicted molar refractivity (Wildman–Crippen MR) is 93.9 cm³/mol. The highest BCUT2D eigenvalue weighted by molar-refractivity contribution is 5.96. The molecule has 0 radical (unpaired) electrons. The molecule has 5 rings (SSSR count). The second-order valence-electron chi connectivity index (χ2n) is 6.78. The van der Waals surface area contributed by atoms with Gasteiger partial charge in [0, 0.05) is 23.1 Å². The van der Waals surface area contributed by atoms with Crippen molar-refractivity contribution in [3.05, 3.63) is 59.7 Å². The van der Waals surface area contributed by atoms with Crippen LogP contribution in [-0.2, 0) is 11.2 Å². The standard InChI is InChI=1S/C20H18N2O3/c23-18-17-13-7-4-8-14-15(13)12(9-10-22(17)20(25)19(18)24)16(21-14)11-5-2-1-3-6-11/h1-8,17-19,21,23-24H,9-10H2/t17-,18-,19+/m0/s1. The number of aliphatic hydroxyl groups is 2. The molecule has 1 fully saturated rings. The maximum absolute atomic E-state index is 12.4. The first-order valence-corrected chi connectivity index (χ1v) is 8.52. The Bertz CT molecular complexity index is 979. The maximum Gasteiger partial charge on any atom is 0.254 e. The minimum atomic E-state index is -1.34. The molecule has 3 aromatic rings. The number of aromatic amines is 1. The Hall–Kier alpha value is -2.63. The van der Waals surface area contributed by atoms with Gasteiger partial charge in [0.25, 0.3) is 5.91 Å². The van der Waals surface area contributed by atoms with Crippen LogP contribution in [0.5, 0.6) is 0 Å². The number of benzene rings is 2. The molecule has 1 aromatic heterocycles. The lowest BCUT2D eigenvalue weighted by molar-refractivity contribution is -0.136. The summed E-state index contributed by atoms with van der Waals surface area (Å²) in [4.78, 5) is 17.5. The second-order valence-corrected chi connectivity index (χ2v) is 6.78. The van der Waals surface area contributed by atoms with Crippen LogP contribution in [-0.4, -0.2) is 44.8 Å². The molecule has 2 aliphatic rings. The summed E-state index contributed by atoms with van der Waals surface area (Å²) in [5.74, 6) is -0.384. The fourth-order valence-corrected chi connectivity index (χ4v) is 4.34. The number of hydrogen-bond acceptors (Lipinski definition) is 3. The largest absolute Gasteiger partial charge is 0.387 e. The highest BCUT2D eigenvalue weighted by Gasteiger charge is 2.48. The number of carbonyl (C=O) groups excluding carboxylic acids is 1. The number of aromatic nitrogens is 1. The van der Waals surface area contributed by atoms with Crippen LogP contribution in [0.2, 0.25) is 0 Å². The molecule has 0 aliphatic carbocycles. The Labute approximate surface area is 144 Å². The quantitative estimate of drug-likeness (QED) is 0.637. The van der Waals surface area contributed by atoms with Crippen molar-refractivity contribution in [3.63, 3.8) is 0 Å². The van der Waals surface area contributed by atoms with Crippen LogP contribution in [0, 0.1) is 0 Å². The molecule has 25 heavy (non-hydrogen) atoms. The van der Waals surface area contributed by atoms with E-state index in [0.717, 1.165) is 27.7 Å². The predicted octanol–water partition coefficient (Wildman–Crippen LogP) is 2.00. The minimum Gasteiger partial charge on any atom is -0.387 e. The van der Waals surface area contributed by atoms with E-state index in [1.165, 1.54) is 5.56 Å². The van der Waals surface area contributed by atoms with Gasteiger partial charge in [0.2, 0.25) is 0 Å². The van der Waals surface area contributed by atoms with E-state index in [-0.39, 0.29) is 5.91 Å². The summed E-state index contributed by atoms with van der Waals surface area (Å²) in [5, 5.41) is 21.6. The fourth-order valence-electron chi connectivity index (χ4n) is 4.34. The summed E-state index contributed by atoms with van der Waals surface area (Å²) in [7, 11) is 0. The molecular formula is C20H18N2O3. The van der Waals surface area contributed by atoms with Crippen LogP contribution in [0.1, 0.15) is 17.2 Å². The smallest absolute Gasteiger partial charge is 0.254 e. The van der Waals surface area contributed by atoms with Gasteiger partial charge in [0.1, 0.15) is 6.10 Å². The van der Waals surface area contributed by atoms with E-state index in [0.29, 0.717) is 13.0 Å². The first-order valence-electron chi connectivity index (χ1n) is 8.52. The van der Waals surface area contributed by atoms with Gasteiger partial charge in [0.15, 0.2) is 6.10 Å². The first kappa shape index (κ1) is 14.7. The zero-order chi connectivity index (χ0) is 17.1. The highest BCUT2D eigenvalue weighted by atomic mass is 16.3. The van der Waals surface area contributed by atoms with E-state index in [2.05, 4.69) is 17.1 Å². The van der Waals surface area contributed by atoms with Crippen molar-refractivity contribution in [2.24, 2.45) is 0 Å². The molecule has 0 spiro atoms. The fraction of sp³-hybridized carbons (Fsp3) is 0.250. The number of amides is 1. The lowest BCUT2D eigenvalue weighted by atomic mass is 9.95. The summed E-state index contributed by atoms with van der Waals surface area (Å²) < 4.78 is 0. The van der Waals surface area contributed by atoms with Gasteiger partial charge in [-0.3, -0.25) is 4.79 Å². The minimum absolute atomic E-state index is 0.384. The molecule has 5 nitrogen and oxygen atoms in total. The van der Waals surface area contributed by atoms with E-state index in [1.807, 2.05) is 36.4 Å². The zero-order valence-electron chi connectivity index (χ0n) is 13.5. The number of nitrogens with zero attached hydrogens (tertiary/aromatic N) is 1. The summed E-state index contributed by atoms with van der Waals surface area (Å²) in [6.45, 7) is 0.485. The topological polar surface area (TPSA) is 76.6 Å². The Morgan fingerprint density at radius 1 is 1.04 bits per heavy atom. The van der Waals surface area contributed by atoms with Crippen LogP contribution >= 0.6 is 0 Å². The molecule has 3 N–H and O–H groups in total. The molecule has 2 aromatic carbocycles. The molecular weight excluding hydrogens is 316 g/mol. The molecule has 3 atom stereocenters. The van der Waals surface area contributed by atoms with E-state index in [9.17, 15) is 15.0 Å². The Kier molecular flexibility index (Phi) is 3.04. The molecule has 5 heteroatoms. The third kappa shape index (κ3) is 1.94. The van der Waals surface area contributed by atoms with Crippen molar-refractivity contribution in [2.75, 3.05) is 6.54 Å². The van der Waals surface area contributed by atoms with Crippen molar-refractivity contribution < 1.29 is 15.0 Å². The van der Waals surface area contributed by atoms with Crippen LogP contribution in [0.4, 0.5) is 0 Å². The maximum atomic E-state index is 12.4. The second kappa shape index (κ2) is 5.18. The monoisotopic (exact) mass is 334 g/mol. The number of rotatable bonds is 1. The average Bonchev–Trinajstić information content (AvgIpc) is 3.04. The zero-order valence-corrected chi connectivity index (χ0v) is 13.5. The molecule has 126 valence electrons. The number of nitrogens with one attached hydrogen (secondary N) is 1. The molecule has 0 saturated carbocycles. The van der Waals surface area contributed by atoms with E-state index < -0.39 is 18.2 Å². The number of aliphatic hydroxyl groups excluding tert-OH is 2. The molecule has 1 saturated heterocycles. The summed E-state index contributed by atoms with van der Waals surface area (Å²) in [5.41, 5.74) is 5.23. The lowest BCUT2D eigenvalue weighted by Crippen LogP contribution is -2.31. The van der Waals surface area contributed by atoms with Crippen molar-refractivity contribution in [2.45, 2.75) is 24.7 Å². The van der Waals surface area contributed by atoms with E-state index in [4.69, 9.17) is 0 Å². The average molecular weight is 334 g/mol. The third-order valence-electron chi connectivity index (χ3n) is 5.46. The number of H-pyrrole nitrogens is 1. The van der Waals surface area contributed by atoms with Crippen molar-refractivity contribution in [3.8, 4) is 11.3 Å². The van der Waals surface area contributed by atoms with Crippen molar-refractivity contribution in [1.82, 2.24) is 9.88 Å². The molecule has 3 heterocycles. The van der Waals surface area contributed by atoms with Gasteiger partial charge < -0.3 is 20.1 Å². The number of carbonyl (C=O) groups is 1.